The second-order valence-corrected chi connectivity index (χ2v) is 1.41. The number of amides is 1. The number of hydrogen-bond acceptors (Lipinski definition) is 2. The van der Waals surface area contributed by atoms with Crippen LogP contribution in [-0.4, -0.2) is 12.7 Å². The number of hydrogen-bond donors (Lipinski definition) is 1. The molecule has 0 rings (SSSR count). The molecule has 0 aromatic carbocycles. The van der Waals surface area contributed by atoms with Gasteiger partial charge in [-0.25, -0.2) is 4.79 Å². The minimum atomic E-state index is -0.511. The lowest BCUT2D eigenvalue weighted by atomic mass is 10.8. The molecular formula is C4H4INO2. The molecule has 0 aromatic heterocycles. The smallest absolute Gasteiger partial charge is 0.416 e. The van der Waals surface area contributed by atoms with Gasteiger partial charge in [0.25, 0.3) is 0 Å². The van der Waals surface area contributed by atoms with Crippen molar-refractivity contribution >= 4 is 29.0 Å². The van der Waals surface area contributed by atoms with E-state index in [2.05, 4.69) is 14.2 Å². The molecule has 8 heavy (non-hydrogen) atoms. The average molecular weight is 225 g/mol. The van der Waals surface area contributed by atoms with Crippen LogP contribution in [0, 0.1) is 12.3 Å². The van der Waals surface area contributed by atoms with Crippen LogP contribution in [0.3, 0.4) is 0 Å². The van der Waals surface area contributed by atoms with Crippen molar-refractivity contribution in [3.63, 3.8) is 0 Å². The van der Waals surface area contributed by atoms with Crippen LogP contribution in [0.15, 0.2) is 0 Å². The van der Waals surface area contributed by atoms with Crippen LogP contribution in [0.25, 0.3) is 0 Å². The van der Waals surface area contributed by atoms with Crippen LogP contribution >= 0.6 is 22.9 Å². The zero-order chi connectivity index (χ0) is 6.41. The molecule has 0 bridgehead atoms. The van der Waals surface area contributed by atoms with E-state index in [1.165, 1.54) is 0 Å². The quantitative estimate of drug-likeness (QED) is 0.405. The van der Waals surface area contributed by atoms with Crippen molar-refractivity contribution in [3.8, 4) is 12.3 Å². The molecule has 0 aromatic rings. The minimum Gasteiger partial charge on any atom is -0.436 e. The number of carbonyl (C=O) groups is 1. The molecule has 0 aliphatic heterocycles. The molecule has 0 atom stereocenters. The molecule has 0 spiro atoms. The summed E-state index contributed by atoms with van der Waals surface area (Å²) in [6.45, 7) is 0.0227. The van der Waals surface area contributed by atoms with Gasteiger partial charge in [-0.2, -0.15) is 0 Å². The fourth-order valence-electron chi connectivity index (χ4n) is 0.134. The zero-order valence-electron chi connectivity index (χ0n) is 3.98. The van der Waals surface area contributed by atoms with E-state index in [1.54, 1.807) is 22.9 Å². The first kappa shape index (κ1) is 7.56. The third-order valence-electron chi connectivity index (χ3n) is 0.364. The number of ether oxygens (including phenoxy) is 1. The minimum absolute atomic E-state index is 0.0227. The number of rotatable bonds is 1. The summed E-state index contributed by atoms with van der Waals surface area (Å²) in [4.78, 5) is 10.1. The van der Waals surface area contributed by atoms with Crippen LogP contribution in [-0.2, 0) is 4.74 Å². The van der Waals surface area contributed by atoms with Gasteiger partial charge in [-0.1, -0.05) is 5.92 Å². The molecule has 0 saturated heterocycles. The first-order valence-electron chi connectivity index (χ1n) is 1.78. The van der Waals surface area contributed by atoms with E-state index in [0.29, 0.717) is 0 Å². The van der Waals surface area contributed by atoms with Crippen molar-refractivity contribution in [2.24, 2.45) is 0 Å². The summed E-state index contributed by atoms with van der Waals surface area (Å²) >= 11 is 1.66. The van der Waals surface area contributed by atoms with Gasteiger partial charge in [-0.3, -0.25) is 3.53 Å². The summed E-state index contributed by atoms with van der Waals surface area (Å²) in [6.07, 6.45) is 4.26. The molecule has 1 N–H and O–H groups in total. The second-order valence-electron chi connectivity index (χ2n) is 0.875. The van der Waals surface area contributed by atoms with Gasteiger partial charge in [0.2, 0.25) is 0 Å². The van der Waals surface area contributed by atoms with Crippen molar-refractivity contribution in [1.82, 2.24) is 3.53 Å². The third kappa shape index (κ3) is 3.74. The van der Waals surface area contributed by atoms with E-state index in [-0.39, 0.29) is 6.61 Å². The standard InChI is InChI=1S/C4H4INO2/c1-2-3-8-4(7)6-5/h1H,3H2,(H,6,7). The maximum atomic E-state index is 10.1. The van der Waals surface area contributed by atoms with Crippen LogP contribution in [0.1, 0.15) is 0 Å². The van der Waals surface area contributed by atoms with Crippen LogP contribution in [0.4, 0.5) is 4.79 Å². The number of halogens is 1. The molecule has 1 amide bonds. The first-order valence-corrected chi connectivity index (χ1v) is 2.86. The van der Waals surface area contributed by atoms with Gasteiger partial charge in [0.05, 0.1) is 22.9 Å². The zero-order valence-corrected chi connectivity index (χ0v) is 6.14. The summed E-state index contributed by atoms with van der Waals surface area (Å²) in [5.74, 6) is 2.15. The Morgan fingerprint density at radius 3 is 3.00 bits per heavy atom. The summed E-state index contributed by atoms with van der Waals surface area (Å²) < 4.78 is 6.56. The first-order chi connectivity index (χ1) is 3.81. The Morgan fingerprint density at radius 1 is 2.00 bits per heavy atom. The maximum absolute atomic E-state index is 10.1. The van der Waals surface area contributed by atoms with Gasteiger partial charge in [-0.05, 0) is 0 Å². The van der Waals surface area contributed by atoms with Gasteiger partial charge < -0.3 is 4.74 Å². The highest BCUT2D eigenvalue weighted by molar-refractivity contribution is 14.1. The second kappa shape index (κ2) is 4.71. The Labute approximate surface area is 61.3 Å². The lowest BCUT2D eigenvalue weighted by molar-refractivity contribution is 0.169. The fraction of sp³-hybridized carbons (Fsp3) is 0.250. The molecule has 0 aliphatic rings. The Hall–Kier alpha value is -0.440. The highest BCUT2D eigenvalue weighted by atomic mass is 127. The normalized spacial score (nSPS) is 7.00. The molecule has 0 fully saturated rings. The van der Waals surface area contributed by atoms with Crippen LogP contribution < -0.4 is 3.53 Å². The molecule has 0 radical (unpaired) electrons. The summed E-state index contributed by atoms with van der Waals surface area (Å²) in [6, 6.07) is 0. The van der Waals surface area contributed by atoms with Crippen LogP contribution in [0.5, 0.6) is 0 Å². The Kier molecular flexibility index (Phi) is 4.45. The summed E-state index contributed by atoms with van der Waals surface area (Å²) in [5, 5.41) is 0. The van der Waals surface area contributed by atoms with Gasteiger partial charge in [0.1, 0.15) is 0 Å². The van der Waals surface area contributed by atoms with E-state index >= 15 is 0 Å². The van der Waals surface area contributed by atoms with Gasteiger partial charge in [0, 0.05) is 0 Å². The van der Waals surface area contributed by atoms with E-state index in [4.69, 9.17) is 6.42 Å². The largest absolute Gasteiger partial charge is 0.436 e. The van der Waals surface area contributed by atoms with Crippen LogP contribution in [0.2, 0.25) is 0 Å². The molecule has 0 saturated carbocycles. The highest BCUT2D eigenvalue weighted by Crippen LogP contribution is 1.77. The molecule has 44 valence electrons. The summed E-state index contributed by atoms with van der Waals surface area (Å²) in [7, 11) is 0. The molecule has 0 aliphatic carbocycles. The van der Waals surface area contributed by atoms with E-state index in [9.17, 15) is 4.79 Å². The Balaban J connectivity index is 3.15. The van der Waals surface area contributed by atoms with Crippen molar-refractivity contribution in [1.29, 1.82) is 0 Å². The predicted molar refractivity (Wildman–Crippen MR) is 37.3 cm³/mol. The Bertz CT molecular complexity index is 118. The van der Waals surface area contributed by atoms with Gasteiger partial charge in [0.15, 0.2) is 6.61 Å². The molecule has 4 heteroatoms. The van der Waals surface area contributed by atoms with E-state index in [1.807, 2.05) is 0 Å². The Morgan fingerprint density at radius 2 is 2.62 bits per heavy atom. The molecule has 3 nitrogen and oxygen atoms in total. The SMILES string of the molecule is C#CCOC(=O)NI. The lowest BCUT2D eigenvalue weighted by Gasteiger charge is -1.93. The third-order valence-corrected chi connectivity index (χ3v) is 0.804. The van der Waals surface area contributed by atoms with Gasteiger partial charge >= 0.3 is 6.09 Å². The predicted octanol–water partition coefficient (Wildman–Crippen LogP) is 0.696. The fourth-order valence-corrected chi connectivity index (χ4v) is 0.290. The lowest BCUT2D eigenvalue weighted by Crippen LogP contribution is -2.13. The molecular weight excluding hydrogens is 221 g/mol. The summed E-state index contributed by atoms with van der Waals surface area (Å²) in [5.41, 5.74) is 0. The molecule has 0 unspecified atom stereocenters. The average Bonchev–Trinajstić information content (AvgIpc) is 1.83. The number of carbonyl (C=O) groups excluding carboxylic acids is 1. The van der Waals surface area contributed by atoms with E-state index < -0.39 is 6.09 Å². The van der Waals surface area contributed by atoms with Crippen molar-refractivity contribution < 1.29 is 9.53 Å². The maximum Gasteiger partial charge on any atom is 0.416 e. The molecule has 0 heterocycles. The number of nitrogens with one attached hydrogen (secondary N) is 1. The monoisotopic (exact) mass is 225 g/mol. The van der Waals surface area contributed by atoms with Gasteiger partial charge in [-0.15, -0.1) is 6.42 Å². The van der Waals surface area contributed by atoms with Crippen molar-refractivity contribution in [2.45, 2.75) is 0 Å². The van der Waals surface area contributed by atoms with Crippen molar-refractivity contribution in [2.75, 3.05) is 6.61 Å². The highest BCUT2D eigenvalue weighted by Gasteiger charge is 1.92. The topological polar surface area (TPSA) is 38.3 Å². The van der Waals surface area contributed by atoms with Crippen molar-refractivity contribution in [3.05, 3.63) is 0 Å². The number of terminal acetylenes is 1. The van der Waals surface area contributed by atoms with E-state index in [0.717, 1.165) is 0 Å².